The number of Topliss-reactive ketones (excluding diaryl/α,β-unsaturated/α-hetero) is 1. The highest BCUT2D eigenvalue weighted by molar-refractivity contribution is 6.25. The maximum absolute atomic E-state index is 13.5. The molecule has 3 heteroatoms. The Balaban J connectivity index is 1.97. The largest absolute Gasteiger partial charge is 0.492 e. The number of ether oxygens (including phenoxy) is 1. The molecular weight excluding hydrogens is 358 g/mol. The molecule has 0 fully saturated rings. The van der Waals surface area contributed by atoms with Gasteiger partial charge in [0.05, 0.1) is 5.57 Å². The van der Waals surface area contributed by atoms with Crippen LogP contribution in [0, 0.1) is 26.7 Å². The number of aryl methyl sites for hydroxylation is 3. The molecule has 29 heavy (non-hydrogen) atoms. The van der Waals surface area contributed by atoms with Gasteiger partial charge in [-0.15, -0.1) is 0 Å². The molecule has 3 nitrogen and oxygen atoms in total. The van der Waals surface area contributed by atoms with Crippen molar-refractivity contribution in [3.8, 4) is 0 Å². The molecule has 0 aromatic heterocycles. The van der Waals surface area contributed by atoms with Crippen molar-refractivity contribution in [2.75, 3.05) is 6.54 Å². The lowest BCUT2D eigenvalue weighted by molar-refractivity contribution is -0.116. The Morgan fingerprint density at radius 2 is 1.76 bits per heavy atom. The average molecular weight is 390 g/mol. The first-order valence-corrected chi connectivity index (χ1v) is 10.4. The molecule has 0 N–H and O–H groups in total. The van der Waals surface area contributed by atoms with Crippen molar-refractivity contribution in [1.82, 2.24) is 0 Å². The van der Waals surface area contributed by atoms with Crippen LogP contribution in [0.4, 0.5) is 0 Å². The molecule has 2 aromatic rings. The van der Waals surface area contributed by atoms with Crippen molar-refractivity contribution in [3.05, 3.63) is 76.0 Å². The van der Waals surface area contributed by atoms with Gasteiger partial charge in [-0.3, -0.25) is 9.79 Å². The van der Waals surface area contributed by atoms with E-state index >= 15 is 0 Å². The van der Waals surface area contributed by atoms with Gasteiger partial charge in [0.15, 0.2) is 5.78 Å². The maximum Gasteiger partial charge on any atom is 0.170 e. The van der Waals surface area contributed by atoms with E-state index in [1.807, 2.05) is 32.0 Å². The summed E-state index contributed by atoms with van der Waals surface area (Å²) in [4.78, 5) is 18.0. The van der Waals surface area contributed by atoms with Crippen LogP contribution >= 0.6 is 0 Å². The minimum atomic E-state index is -0.0915. The minimum Gasteiger partial charge on any atom is -0.492 e. The predicted molar refractivity (Wildman–Crippen MR) is 120 cm³/mol. The monoisotopic (exact) mass is 389 g/mol. The number of hydrogen-bond acceptors (Lipinski definition) is 3. The summed E-state index contributed by atoms with van der Waals surface area (Å²) in [5.41, 5.74) is 7.42. The number of carbonyl (C=O) groups excluding carboxylic acids is 1. The quantitative estimate of drug-likeness (QED) is 0.545. The fraction of sp³-hybridized carbons (Fsp3) is 0.385. The second kappa shape index (κ2) is 9.21. The molecule has 1 unspecified atom stereocenters. The third-order valence-electron chi connectivity index (χ3n) is 5.48. The van der Waals surface area contributed by atoms with Crippen LogP contribution in [0.15, 0.2) is 53.2 Å². The van der Waals surface area contributed by atoms with Crippen LogP contribution in [0.2, 0.25) is 0 Å². The highest BCUT2D eigenvalue weighted by Gasteiger charge is 2.36. The van der Waals surface area contributed by atoms with E-state index in [0.717, 1.165) is 45.8 Å². The van der Waals surface area contributed by atoms with Gasteiger partial charge in [0.25, 0.3) is 0 Å². The Kier molecular flexibility index (Phi) is 6.68. The van der Waals surface area contributed by atoms with Crippen molar-refractivity contribution < 1.29 is 9.53 Å². The Morgan fingerprint density at radius 1 is 1.10 bits per heavy atom. The summed E-state index contributed by atoms with van der Waals surface area (Å²) in [7, 11) is 0. The van der Waals surface area contributed by atoms with Crippen LogP contribution in [-0.2, 0) is 16.1 Å². The van der Waals surface area contributed by atoms with Crippen molar-refractivity contribution >= 4 is 17.1 Å². The van der Waals surface area contributed by atoms with E-state index in [9.17, 15) is 4.79 Å². The first-order chi connectivity index (χ1) is 13.9. The average Bonchev–Trinajstić information content (AvgIpc) is 2.96. The van der Waals surface area contributed by atoms with E-state index in [1.165, 1.54) is 5.56 Å². The van der Waals surface area contributed by atoms with Gasteiger partial charge in [0.1, 0.15) is 12.4 Å². The molecule has 0 amide bonds. The molecule has 2 aromatic carbocycles. The van der Waals surface area contributed by atoms with E-state index in [4.69, 9.17) is 4.74 Å². The second-order valence-electron chi connectivity index (χ2n) is 8.03. The molecule has 0 aliphatic heterocycles. The number of allylic oxidation sites excluding steroid dienone is 2. The van der Waals surface area contributed by atoms with Crippen LogP contribution in [0.3, 0.4) is 0 Å². The molecule has 0 saturated heterocycles. The predicted octanol–water partition coefficient (Wildman–Crippen LogP) is 6.00. The summed E-state index contributed by atoms with van der Waals surface area (Å²) < 4.78 is 6.26. The Morgan fingerprint density at radius 3 is 2.38 bits per heavy atom. The number of ketones is 1. The summed E-state index contributed by atoms with van der Waals surface area (Å²) in [5.74, 6) is 0.920. The van der Waals surface area contributed by atoms with Gasteiger partial charge in [-0.05, 0) is 63.3 Å². The number of nitrogens with zero attached hydrogens (tertiary/aromatic N) is 1. The highest BCUT2D eigenvalue weighted by atomic mass is 16.5. The van der Waals surface area contributed by atoms with E-state index in [0.29, 0.717) is 19.4 Å². The van der Waals surface area contributed by atoms with Crippen LogP contribution < -0.4 is 0 Å². The van der Waals surface area contributed by atoms with Gasteiger partial charge in [-0.2, -0.15) is 0 Å². The lowest BCUT2D eigenvalue weighted by Gasteiger charge is -2.15. The lowest BCUT2D eigenvalue weighted by Crippen LogP contribution is -2.14. The number of hydrogen-bond donors (Lipinski definition) is 0. The van der Waals surface area contributed by atoms with Gasteiger partial charge in [-0.25, -0.2) is 0 Å². The first kappa shape index (κ1) is 21.0. The third-order valence-corrected chi connectivity index (χ3v) is 5.48. The van der Waals surface area contributed by atoms with Gasteiger partial charge >= 0.3 is 0 Å². The fourth-order valence-corrected chi connectivity index (χ4v) is 4.33. The Hall–Kier alpha value is -2.68. The smallest absolute Gasteiger partial charge is 0.170 e. The SMILES string of the molecule is CCN=C(C)CC1CC(OCc2ccccc2)=C(c2c(C)cc(C)cc2C)C1=O. The highest BCUT2D eigenvalue weighted by Crippen LogP contribution is 2.40. The summed E-state index contributed by atoms with van der Waals surface area (Å²) in [6.07, 6.45) is 1.34. The normalized spacial score (nSPS) is 17.2. The molecule has 0 radical (unpaired) electrons. The molecule has 0 bridgehead atoms. The Labute approximate surface area is 174 Å². The number of rotatable bonds is 7. The third kappa shape index (κ3) is 4.84. The molecule has 152 valence electrons. The van der Waals surface area contributed by atoms with E-state index in [-0.39, 0.29) is 11.7 Å². The number of benzene rings is 2. The number of aliphatic imine (C=N–C) groups is 1. The van der Waals surface area contributed by atoms with Crippen molar-refractivity contribution in [1.29, 1.82) is 0 Å². The van der Waals surface area contributed by atoms with E-state index in [1.54, 1.807) is 0 Å². The number of carbonyl (C=O) groups is 1. The van der Waals surface area contributed by atoms with Crippen LogP contribution in [-0.4, -0.2) is 18.0 Å². The van der Waals surface area contributed by atoms with Gasteiger partial charge in [0.2, 0.25) is 0 Å². The fourth-order valence-electron chi connectivity index (χ4n) is 4.33. The zero-order valence-corrected chi connectivity index (χ0v) is 18.2. The molecule has 0 spiro atoms. The van der Waals surface area contributed by atoms with Gasteiger partial charge < -0.3 is 4.74 Å². The molecule has 1 aliphatic rings. The van der Waals surface area contributed by atoms with Gasteiger partial charge in [-0.1, -0.05) is 48.0 Å². The van der Waals surface area contributed by atoms with E-state index < -0.39 is 0 Å². The standard InChI is InChI=1S/C26H31NO2/c1-6-27-20(5)14-22-15-23(29-16-21-10-8-7-9-11-21)25(26(22)28)24-18(3)12-17(2)13-19(24)4/h7-13,22H,6,14-16H2,1-5H3. The summed E-state index contributed by atoms with van der Waals surface area (Å²) in [6, 6.07) is 14.4. The topological polar surface area (TPSA) is 38.7 Å². The molecular formula is C26H31NO2. The summed E-state index contributed by atoms with van der Waals surface area (Å²) >= 11 is 0. The summed E-state index contributed by atoms with van der Waals surface area (Å²) in [5, 5.41) is 0. The first-order valence-electron chi connectivity index (χ1n) is 10.4. The van der Waals surface area contributed by atoms with Crippen molar-refractivity contribution in [2.45, 2.75) is 54.1 Å². The zero-order valence-electron chi connectivity index (χ0n) is 18.2. The van der Waals surface area contributed by atoms with Crippen LogP contribution in [0.1, 0.15) is 54.5 Å². The lowest BCUT2D eigenvalue weighted by atomic mass is 9.90. The molecule has 0 saturated carbocycles. The maximum atomic E-state index is 13.5. The second-order valence-corrected chi connectivity index (χ2v) is 8.03. The zero-order chi connectivity index (χ0) is 21.0. The van der Waals surface area contributed by atoms with E-state index in [2.05, 4.69) is 50.0 Å². The Bertz CT molecular complexity index is 931. The van der Waals surface area contributed by atoms with Crippen LogP contribution in [0.25, 0.3) is 5.57 Å². The molecule has 1 atom stereocenters. The van der Waals surface area contributed by atoms with Gasteiger partial charge in [0, 0.05) is 24.6 Å². The molecule has 1 aliphatic carbocycles. The van der Waals surface area contributed by atoms with Crippen molar-refractivity contribution in [2.24, 2.45) is 10.9 Å². The van der Waals surface area contributed by atoms with Crippen molar-refractivity contribution in [3.63, 3.8) is 0 Å². The molecule has 3 rings (SSSR count). The molecule has 0 heterocycles. The summed E-state index contributed by atoms with van der Waals surface area (Å²) in [6.45, 7) is 11.5. The minimum absolute atomic E-state index is 0.0915. The van der Waals surface area contributed by atoms with Crippen LogP contribution in [0.5, 0.6) is 0 Å².